The van der Waals surface area contributed by atoms with E-state index in [1.165, 1.54) is 12.8 Å². The van der Waals surface area contributed by atoms with Crippen LogP contribution in [0.5, 0.6) is 0 Å². The Bertz CT molecular complexity index is 398. The highest BCUT2D eigenvalue weighted by atomic mass is 16.2. The fourth-order valence-corrected chi connectivity index (χ4v) is 2.92. The number of carbonyl (C=O) groups is 1. The highest BCUT2D eigenvalue weighted by Gasteiger charge is 2.37. The van der Waals surface area contributed by atoms with Gasteiger partial charge in [0.2, 0.25) is 5.91 Å². The maximum atomic E-state index is 12.4. The van der Waals surface area contributed by atoms with Crippen molar-refractivity contribution in [3.63, 3.8) is 0 Å². The summed E-state index contributed by atoms with van der Waals surface area (Å²) in [7, 11) is 0. The number of para-hydroxylation sites is 1. The lowest BCUT2D eigenvalue weighted by Crippen LogP contribution is -2.40. The van der Waals surface area contributed by atoms with Gasteiger partial charge in [0.05, 0.1) is 6.04 Å². The fourth-order valence-electron chi connectivity index (χ4n) is 2.92. The third-order valence-electron chi connectivity index (χ3n) is 3.83. The first-order chi connectivity index (χ1) is 8.36. The molecule has 2 fully saturated rings. The van der Waals surface area contributed by atoms with Gasteiger partial charge in [-0.1, -0.05) is 18.2 Å². The molecule has 2 saturated heterocycles. The molecule has 0 N–H and O–H groups in total. The van der Waals surface area contributed by atoms with E-state index in [4.69, 9.17) is 0 Å². The number of carbonyl (C=O) groups excluding carboxylic acids is 1. The Kier molecular flexibility index (Phi) is 2.85. The average Bonchev–Trinajstić information content (AvgIpc) is 2.99. The van der Waals surface area contributed by atoms with Crippen molar-refractivity contribution in [3.8, 4) is 0 Å². The van der Waals surface area contributed by atoms with Crippen molar-refractivity contribution < 1.29 is 4.79 Å². The molecule has 0 bridgehead atoms. The number of likely N-dealkylation sites (tertiary alicyclic amines) is 1. The molecule has 1 aromatic carbocycles. The van der Waals surface area contributed by atoms with E-state index >= 15 is 0 Å². The van der Waals surface area contributed by atoms with Gasteiger partial charge in [-0.05, 0) is 44.5 Å². The molecule has 0 saturated carbocycles. The van der Waals surface area contributed by atoms with Crippen molar-refractivity contribution in [2.24, 2.45) is 0 Å². The first kappa shape index (κ1) is 10.8. The van der Waals surface area contributed by atoms with Gasteiger partial charge in [-0.25, -0.2) is 0 Å². The van der Waals surface area contributed by atoms with Crippen molar-refractivity contribution in [1.29, 1.82) is 0 Å². The van der Waals surface area contributed by atoms with Crippen molar-refractivity contribution in [2.75, 3.05) is 24.5 Å². The molecule has 3 nitrogen and oxygen atoms in total. The van der Waals surface area contributed by atoms with Crippen molar-refractivity contribution in [2.45, 2.75) is 25.3 Å². The van der Waals surface area contributed by atoms with Crippen LogP contribution in [-0.4, -0.2) is 36.5 Å². The molecule has 0 spiro atoms. The van der Waals surface area contributed by atoms with E-state index in [1.54, 1.807) is 0 Å². The van der Waals surface area contributed by atoms with Crippen LogP contribution in [0, 0.1) is 0 Å². The summed E-state index contributed by atoms with van der Waals surface area (Å²) in [5.41, 5.74) is 1.04. The lowest BCUT2D eigenvalue weighted by molar-refractivity contribution is -0.121. The van der Waals surface area contributed by atoms with Crippen LogP contribution in [0.25, 0.3) is 0 Å². The first-order valence-electron chi connectivity index (χ1n) is 6.47. The molecule has 0 radical (unpaired) electrons. The highest BCUT2D eigenvalue weighted by molar-refractivity contribution is 5.99. The van der Waals surface area contributed by atoms with Gasteiger partial charge in [0, 0.05) is 12.2 Å². The van der Waals surface area contributed by atoms with Crippen molar-refractivity contribution in [1.82, 2.24) is 4.90 Å². The summed E-state index contributed by atoms with van der Waals surface area (Å²) in [6, 6.07) is 10.1. The van der Waals surface area contributed by atoms with Gasteiger partial charge < -0.3 is 4.90 Å². The third-order valence-corrected chi connectivity index (χ3v) is 3.83. The van der Waals surface area contributed by atoms with Crippen LogP contribution in [-0.2, 0) is 4.79 Å². The van der Waals surface area contributed by atoms with Gasteiger partial charge in [-0.15, -0.1) is 0 Å². The average molecular weight is 230 g/mol. The first-order valence-corrected chi connectivity index (χ1v) is 6.47. The van der Waals surface area contributed by atoms with E-state index in [2.05, 4.69) is 4.90 Å². The molecule has 1 amide bonds. The number of hydrogen-bond donors (Lipinski definition) is 0. The molecule has 17 heavy (non-hydrogen) atoms. The molecule has 2 aliphatic rings. The summed E-state index contributed by atoms with van der Waals surface area (Å²) >= 11 is 0. The highest BCUT2D eigenvalue weighted by Crippen LogP contribution is 2.26. The summed E-state index contributed by atoms with van der Waals surface area (Å²) in [4.78, 5) is 16.7. The van der Waals surface area contributed by atoms with E-state index in [1.807, 2.05) is 35.2 Å². The molecule has 0 aromatic heterocycles. The van der Waals surface area contributed by atoms with Crippen LogP contribution in [0.2, 0.25) is 0 Å². The van der Waals surface area contributed by atoms with Crippen LogP contribution in [0.1, 0.15) is 19.3 Å². The van der Waals surface area contributed by atoms with Gasteiger partial charge in [-0.3, -0.25) is 9.69 Å². The topological polar surface area (TPSA) is 23.6 Å². The summed E-state index contributed by atoms with van der Waals surface area (Å²) in [5, 5.41) is 0. The second-order valence-corrected chi connectivity index (χ2v) is 4.87. The molecule has 1 atom stereocenters. The van der Waals surface area contributed by atoms with E-state index in [-0.39, 0.29) is 11.9 Å². The van der Waals surface area contributed by atoms with Crippen LogP contribution >= 0.6 is 0 Å². The number of rotatable bonds is 2. The second kappa shape index (κ2) is 4.49. The predicted molar refractivity (Wildman–Crippen MR) is 68.0 cm³/mol. The largest absolute Gasteiger partial charge is 0.311 e. The van der Waals surface area contributed by atoms with E-state index in [0.717, 1.165) is 31.7 Å². The lowest BCUT2D eigenvalue weighted by atomic mass is 10.2. The molecular weight excluding hydrogens is 212 g/mol. The van der Waals surface area contributed by atoms with E-state index in [9.17, 15) is 4.79 Å². The molecule has 2 heterocycles. The van der Waals surface area contributed by atoms with Gasteiger partial charge >= 0.3 is 0 Å². The third kappa shape index (κ3) is 1.95. The molecule has 1 aromatic rings. The molecule has 3 heteroatoms. The van der Waals surface area contributed by atoms with Gasteiger partial charge in [0.15, 0.2) is 0 Å². The van der Waals surface area contributed by atoms with Gasteiger partial charge in [-0.2, -0.15) is 0 Å². The molecule has 3 rings (SSSR count). The Morgan fingerprint density at radius 3 is 2.41 bits per heavy atom. The lowest BCUT2D eigenvalue weighted by Gasteiger charge is -2.22. The summed E-state index contributed by atoms with van der Waals surface area (Å²) in [6.45, 7) is 3.06. The Morgan fingerprint density at radius 1 is 1.00 bits per heavy atom. The SMILES string of the molecule is O=C1[C@@H](N2CCCC2)CCN1c1ccccc1. The Morgan fingerprint density at radius 2 is 1.71 bits per heavy atom. The van der Waals surface area contributed by atoms with Crippen LogP contribution in [0.15, 0.2) is 30.3 Å². The zero-order valence-electron chi connectivity index (χ0n) is 10.0. The summed E-state index contributed by atoms with van der Waals surface area (Å²) in [5.74, 6) is 0.290. The van der Waals surface area contributed by atoms with Gasteiger partial charge in [0.1, 0.15) is 0 Å². The zero-order valence-corrected chi connectivity index (χ0v) is 10.0. The Balaban J connectivity index is 1.76. The van der Waals surface area contributed by atoms with Gasteiger partial charge in [0.25, 0.3) is 0 Å². The minimum absolute atomic E-state index is 0.137. The number of anilines is 1. The quantitative estimate of drug-likeness (QED) is 0.774. The standard InChI is InChI=1S/C14H18N2O/c17-14-13(15-9-4-5-10-15)8-11-16(14)12-6-2-1-3-7-12/h1-3,6-7,13H,4-5,8-11H2/t13-/m0/s1. The fraction of sp³-hybridized carbons (Fsp3) is 0.500. The van der Waals surface area contributed by atoms with Crippen LogP contribution in [0.3, 0.4) is 0 Å². The van der Waals surface area contributed by atoms with Crippen LogP contribution in [0.4, 0.5) is 5.69 Å². The smallest absolute Gasteiger partial charge is 0.244 e. The Labute approximate surface area is 102 Å². The number of hydrogen-bond acceptors (Lipinski definition) is 2. The normalized spacial score (nSPS) is 25.8. The molecule has 2 aliphatic heterocycles. The van der Waals surface area contributed by atoms with E-state index < -0.39 is 0 Å². The Hall–Kier alpha value is -1.35. The maximum absolute atomic E-state index is 12.4. The number of benzene rings is 1. The van der Waals surface area contributed by atoms with Crippen LogP contribution < -0.4 is 4.90 Å². The van der Waals surface area contributed by atoms with Crippen molar-refractivity contribution in [3.05, 3.63) is 30.3 Å². The van der Waals surface area contributed by atoms with E-state index in [0.29, 0.717) is 0 Å². The predicted octanol–water partition coefficient (Wildman–Crippen LogP) is 1.89. The second-order valence-electron chi connectivity index (χ2n) is 4.87. The zero-order chi connectivity index (χ0) is 11.7. The molecular formula is C14H18N2O. The molecule has 0 unspecified atom stereocenters. The summed E-state index contributed by atoms with van der Waals surface area (Å²) < 4.78 is 0. The molecule has 0 aliphatic carbocycles. The summed E-state index contributed by atoms with van der Waals surface area (Å²) in [6.07, 6.45) is 3.47. The maximum Gasteiger partial charge on any atom is 0.244 e. The minimum Gasteiger partial charge on any atom is -0.311 e. The number of amides is 1. The van der Waals surface area contributed by atoms with Crippen molar-refractivity contribution >= 4 is 11.6 Å². The number of nitrogens with zero attached hydrogens (tertiary/aromatic N) is 2. The minimum atomic E-state index is 0.137. The monoisotopic (exact) mass is 230 g/mol. The molecule has 90 valence electrons.